The van der Waals surface area contributed by atoms with Gasteiger partial charge in [0.15, 0.2) is 0 Å². The van der Waals surface area contributed by atoms with E-state index in [1.807, 2.05) is 0 Å². The van der Waals surface area contributed by atoms with Crippen molar-refractivity contribution >= 4 is 5.69 Å². The van der Waals surface area contributed by atoms with Gasteiger partial charge < -0.3 is 4.90 Å². The molecule has 0 amide bonds. The summed E-state index contributed by atoms with van der Waals surface area (Å²) in [7, 11) is 0. The first-order valence-electron chi connectivity index (χ1n) is 7.48. The summed E-state index contributed by atoms with van der Waals surface area (Å²) in [6.07, 6.45) is 0.404. The zero-order valence-corrected chi connectivity index (χ0v) is 12.1. The smallest absolute Gasteiger partial charge is 0.109 e. The molecule has 1 saturated heterocycles. The fourth-order valence-electron chi connectivity index (χ4n) is 3.71. The number of nitrogens with zero attached hydrogens (tertiary/aromatic N) is 2. The molecule has 2 aliphatic heterocycles. The zero-order valence-electron chi connectivity index (χ0n) is 12.1. The van der Waals surface area contributed by atoms with E-state index in [9.17, 15) is 0 Å². The van der Waals surface area contributed by atoms with Crippen molar-refractivity contribution in [3.8, 4) is 11.1 Å². The molecule has 20 heavy (non-hydrogen) atoms. The average molecular weight is 264 g/mol. The molecule has 2 heterocycles. The van der Waals surface area contributed by atoms with Crippen molar-refractivity contribution in [2.75, 3.05) is 18.0 Å². The third-order valence-corrected chi connectivity index (χ3v) is 4.61. The van der Waals surface area contributed by atoms with Gasteiger partial charge in [-0.05, 0) is 31.0 Å². The Morgan fingerprint density at radius 3 is 2.40 bits per heavy atom. The fourth-order valence-corrected chi connectivity index (χ4v) is 3.71. The van der Waals surface area contributed by atoms with Crippen molar-refractivity contribution in [1.82, 2.24) is 4.90 Å². The third-order valence-electron chi connectivity index (χ3n) is 4.61. The Bertz CT molecular complexity index is 647. The standard InChI is InChI=1S/C18H20N2/c1-13(2)19-11-12-20-17-10-6-5-8-15(17)14-7-3-4-9-16(14)18(19)20/h3-10,13,18H,11-12H2,1-2H3. The zero-order chi connectivity index (χ0) is 13.7. The summed E-state index contributed by atoms with van der Waals surface area (Å²) < 4.78 is 0. The Labute approximate surface area is 120 Å². The molecule has 0 saturated carbocycles. The molecule has 0 aliphatic carbocycles. The summed E-state index contributed by atoms with van der Waals surface area (Å²) in [4.78, 5) is 5.17. The van der Waals surface area contributed by atoms with Gasteiger partial charge in [0.1, 0.15) is 6.17 Å². The minimum Gasteiger partial charge on any atom is -0.350 e. The quantitative estimate of drug-likeness (QED) is 0.771. The van der Waals surface area contributed by atoms with E-state index in [0.717, 1.165) is 13.1 Å². The van der Waals surface area contributed by atoms with Crippen LogP contribution in [0.15, 0.2) is 48.5 Å². The van der Waals surface area contributed by atoms with Crippen LogP contribution in [0.1, 0.15) is 25.6 Å². The molecule has 4 rings (SSSR count). The van der Waals surface area contributed by atoms with Gasteiger partial charge in [0.05, 0.1) is 0 Å². The summed E-state index contributed by atoms with van der Waals surface area (Å²) in [5.41, 5.74) is 5.62. The Hall–Kier alpha value is -1.80. The second-order valence-corrected chi connectivity index (χ2v) is 6.00. The highest BCUT2D eigenvalue weighted by Crippen LogP contribution is 2.48. The number of para-hydroxylation sites is 1. The van der Waals surface area contributed by atoms with Gasteiger partial charge in [0.2, 0.25) is 0 Å². The van der Waals surface area contributed by atoms with E-state index >= 15 is 0 Å². The number of benzene rings is 2. The highest BCUT2D eigenvalue weighted by molar-refractivity contribution is 5.84. The second kappa shape index (κ2) is 4.35. The minimum absolute atomic E-state index is 0.404. The van der Waals surface area contributed by atoms with Crippen LogP contribution in [0.3, 0.4) is 0 Å². The van der Waals surface area contributed by atoms with E-state index in [1.165, 1.54) is 22.4 Å². The van der Waals surface area contributed by atoms with Crippen molar-refractivity contribution in [3.05, 3.63) is 54.1 Å². The maximum atomic E-state index is 2.61. The highest BCUT2D eigenvalue weighted by Gasteiger charge is 2.39. The monoisotopic (exact) mass is 264 g/mol. The van der Waals surface area contributed by atoms with Crippen molar-refractivity contribution in [2.24, 2.45) is 0 Å². The summed E-state index contributed by atoms with van der Waals surface area (Å²) in [6, 6.07) is 18.3. The van der Waals surface area contributed by atoms with Gasteiger partial charge >= 0.3 is 0 Å². The molecule has 0 aromatic heterocycles. The van der Waals surface area contributed by atoms with Gasteiger partial charge in [-0.3, -0.25) is 4.90 Å². The van der Waals surface area contributed by atoms with Crippen LogP contribution >= 0.6 is 0 Å². The molecule has 2 aromatic rings. The van der Waals surface area contributed by atoms with Gasteiger partial charge in [-0.25, -0.2) is 0 Å². The normalized spacial score (nSPS) is 20.8. The Morgan fingerprint density at radius 1 is 0.900 bits per heavy atom. The number of anilines is 1. The maximum absolute atomic E-state index is 2.61. The van der Waals surface area contributed by atoms with Gasteiger partial charge in [-0.15, -0.1) is 0 Å². The summed E-state index contributed by atoms with van der Waals surface area (Å²) in [5, 5.41) is 0. The molecular weight excluding hydrogens is 244 g/mol. The molecule has 2 aliphatic rings. The van der Waals surface area contributed by atoms with Crippen LogP contribution in [0.4, 0.5) is 5.69 Å². The van der Waals surface area contributed by atoms with E-state index in [-0.39, 0.29) is 0 Å². The molecule has 1 atom stereocenters. The van der Waals surface area contributed by atoms with Crippen LogP contribution in [-0.4, -0.2) is 24.0 Å². The molecule has 1 unspecified atom stereocenters. The van der Waals surface area contributed by atoms with Gasteiger partial charge in [-0.2, -0.15) is 0 Å². The third kappa shape index (κ3) is 1.55. The van der Waals surface area contributed by atoms with Crippen molar-refractivity contribution < 1.29 is 0 Å². The Kier molecular flexibility index (Phi) is 2.61. The van der Waals surface area contributed by atoms with Crippen molar-refractivity contribution in [1.29, 1.82) is 0 Å². The van der Waals surface area contributed by atoms with E-state index in [0.29, 0.717) is 12.2 Å². The van der Waals surface area contributed by atoms with Gasteiger partial charge in [-0.1, -0.05) is 42.5 Å². The maximum Gasteiger partial charge on any atom is 0.109 e. The molecule has 0 spiro atoms. The lowest BCUT2D eigenvalue weighted by Crippen LogP contribution is -2.37. The van der Waals surface area contributed by atoms with E-state index in [2.05, 4.69) is 72.2 Å². The van der Waals surface area contributed by atoms with Crippen LogP contribution in [0, 0.1) is 0 Å². The van der Waals surface area contributed by atoms with Crippen LogP contribution in [0.5, 0.6) is 0 Å². The fraction of sp³-hybridized carbons (Fsp3) is 0.333. The highest BCUT2D eigenvalue weighted by atomic mass is 15.4. The van der Waals surface area contributed by atoms with Gasteiger partial charge in [0.25, 0.3) is 0 Å². The van der Waals surface area contributed by atoms with E-state index < -0.39 is 0 Å². The number of fused-ring (bicyclic) bond motifs is 6. The molecular formula is C18H20N2. The first-order chi connectivity index (χ1) is 9.77. The largest absolute Gasteiger partial charge is 0.350 e. The van der Waals surface area contributed by atoms with Crippen LogP contribution < -0.4 is 4.90 Å². The molecule has 102 valence electrons. The molecule has 2 heteroatoms. The average Bonchev–Trinajstić information content (AvgIpc) is 2.93. The SMILES string of the molecule is CC(C)N1CCN2c3ccccc3-c3ccccc3C21. The number of rotatable bonds is 1. The number of hydrogen-bond acceptors (Lipinski definition) is 2. The lowest BCUT2D eigenvalue weighted by Gasteiger charge is -2.39. The minimum atomic E-state index is 0.404. The van der Waals surface area contributed by atoms with Crippen LogP contribution in [0.25, 0.3) is 11.1 Å². The Morgan fingerprint density at radius 2 is 1.60 bits per heavy atom. The molecule has 0 radical (unpaired) electrons. The lowest BCUT2D eigenvalue weighted by atomic mass is 9.91. The second-order valence-electron chi connectivity index (χ2n) is 6.00. The predicted molar refractivity (Wildman–Crippen MR) is 83.8 cm³/mol. The molecule has 2 nitrogen and oxygen atoms in total. The molecule has 0 bridgehead atoms. The molecule has 0 N–H and O–H groups in total. The van der Waals surface area contributed by atoms with Crippen molar-refractivity contribution in [2.45, 2.75) is 26.1 Å². The molecule has 1 fully saturated rings. The summed E-state index contributed by atoms with van der Waals surface area (Å²) in [5.74, 6) is 0. The first kappa shape index (κ1) is 12.0. The van der Waals surface area contributed by atoms with Crippen LogP contribution in [0.2, 0.25) is 0 Å². The molecule has 2 aromatic carbocycles. The van der Waals surface area contributed by atoms with E-state index in [1.54, 1.807) is 0 Å². The van der Waals surface area contributed by atoms with Crippen LogP contribution in [-0.2, 0) is 0 Å². The van der Waals surface area contributed by atoms with Gasteiger partial charge in [0, 0.05) is 30.4 Å². The number of hydrogen-bond donors (Lipinski definition) is 0. The predicted octanol–water partition coefficient (Wildman–Crippen LogP) is 3.90. The van der Waals surface area contributed by atoms with Crippen molar-refractivity contribution in [3.63, 3.8) is 0 Å². The summed E-state index contributed by atoms with van der Waals surface area (Å²) >= 11 is 0. The lowest BCUT2D eigenvalue weighted by molar-refractivity contribution is 0.206. The first-order valence-corrected chi connectivity index (χ1v) is 7.48. The Balaban J connectivity index is 1.95. The summed E-state index contributed by atoms with van der Waals surface area (Å²) in [6.45, 7) is 6.86. The van der Waals surface area contributed by atoms with E-state index in [4.69, 9.17) is 0 Å². The topological polar surface area (TPSA) is 6.48 Å².